The van der Waals surface area contributed by atoms with Gasteiger partial charge in [0.1, 0.15) is 10.7 Å². The molecule has 0 spiro atoms. The summed E-state index contributed by atoms with van der Waals surface area (Å²) in [5.41, 5.74) is 1.07. The summed E-state index contributed by atoms with van der Waals surface area (Å²) in [4.78, 5) is 21.7. The number of rotatable bonds is 3. The first-order valence-corrected chi connectivity index (χ1v) is 8.12. The molecule has 0 atom stereocenters. The van der Waals surface area contributed by atoms with Gasteiger partial charge in [0.15, 0.2) is 0 Å². The lowest BCUT2D eigenvalue weighted by molar-refractivity contribution is 0.0443. The van der Waals surface area contributed by atoms with Gasteiger partial charge in [0.25, 0.3) is 5.56 Å². The van der Waals surface area contributed by atoms with E-state index in [-0.39, 0.29) is 11.1 Å². The highest BCUT2D eigenvalue weighted by molar-refractivity contribution is 7.18. The number of hydrogen-bond donors (Lipinski definition) is 2. The van der Waals surface area contributed by atoms with Crippen LogP contribution in [-0.4, -0.2) is 28.7 Å². The van der Waals surface area contributed by atoms with E-state index < -0.39 is 0 Å². The molecule has 0 aromatic carbocycles. The number of aryl methyl sites for hydroxylation is 2. The molecule has 2 aromatic heterocycles. The van der Waals surface area contributed by atoms with Crippen LogP contribution in [0.15, 0.2) is 4.79 Å². The van der Waals surface area contributed by atoms with Crippen molar-refractivity contribution in [1.29, 1.82) is 0 Å². The number of hydrogen-bond acceptors (Lipinski definition) is 5. The highest BCUT2D eigenvalue weighted by Crippen LogP contribution is 2.26. The van der Waals surface area contributed by atoms with Crippen molar-refractivity contribution in [1.82, 2.24) is 15.3 Å². The number of fused-ring (bicyclic) bond motifs is 1. The Bertz CT molecular complexity index is 714. The molecule has 2 aromatic rings. The number of ether oxygens (including phenoxy) is 1. The maximum Gasteiger partial charge on any atom is 0.259 e. The number of aromatic nitrogens is 2. The van der Waals surface area contributed by atoms with E-state index in [1.165, 1.54) is 0 Å². The average molecular weight is 307 g/mol. The normalized spacial score (nSPS) is 18.2. The van der Waals surface area contributed by atoms with Crippen LogP contribution < -0.4 is 10.9 Å². The van der Waals surface area contributed by atoms with Crippen LogP contribution >= 0.6 is 11.3 Å². The van der Waals surface area contributed by atoms with Gasteiger partial charge in [-0.05, 0) is 39.2 Å². The lowest BCUT2D eigenvalue weighted by Gasteiger charge is -2.34. The molecular weight excluding hydrogens is 286 g/mol. The van der Waals surface area contributed by atoms with Gasteiger partial charge in [0.2, 0.25) is 0 Å². The molecule has 0 aliphatic carbocycles. The molecule has 1 saturated heterocycles. The molecule has 1 aliphatic rings. The van der Waals surface area contributed by atoms with E-state index in [0.29, 0.717) is 12.4 Å². The minimum absolute atomic E-state index is 0.0317. The first kappa shape index (κ1) is 14.7. The summed E-state index contributed by atoms with van der Waals surface area (Å²) in [5.74, 6) is 0.710. The fraction of sp³-hybridized carbons (Fsp3) is 0.600. The molecule has 114 valence electrons. The fourth-order valence-electron chi connectivity index (χ4n) is 2.68. The summed E-state index contributed by atoms with van der Waals surface area (Å²) < 4.78 is 5.40. The first-order valence-electron chi connectivity index (χ1n) is 7.30. The molecule has 0 saturated carbocycles. The molecule has 0 unspecified atom stereocenters. The van der Waals surface area contributed by atoms with Gasteiger partial charge in [-0.15, -0.1) is 11.3 Å². The second-order valence-corrected chi connectivity index (χ2v) is 7.21. The van der Waals surface area contributed by atoms with Crippen LogP contribution in [0.3, 0.4) is 0 Å². The van der Waals surface area contributed by atoms with Crippen LogP contribution in [0.2, 0.25) is 0 Å². The molecule has 2 N–H and O–H groups in total. The first-order chi connectivity index (χ1) is 9.98. The monoisotopic (exact) mass is 307 g/mol. The lowest BCUT2D eigenvalue weighted by Crippen LogP contribution is -2.46. The van der Waals surface area contributed by atoms with E-state index in [0.717, 1.165) is 46.7 Å². The molecule has 3 rings (SSSR count). The quantitative estimate of drug-likeness (QED) is 0.913. The standard InChI is InChI=1S/C15H21N3O2S/c1-9-10(2)21-14-12(9)13(19)17-11(18-14)8-16-15(3)4-6-20-7-5-15/h16H,4-8H2,1-3H3,(H,17,18,19). The van der Waals surface area contributed by atoms with E-state index in [1.54, 1.807) is 11.3 Å². The maximum atomic E-state index is 12.2. The van der Waals surface area contributed by atoms with Gasteiger partial charge in [-0.1, -0.05) is 0 Å². The molecule has 0 bridgehead atoms. The van der Waals surface area contributed by atoms with E-state index in [2.05, 4.69) is 22.2 Å². The minimum Gasteiger partial charge on any atom is -0.381 e. The Morgan fingerprint density at radius 3 is 2.81 bits per heavy atom. The van der Waals surface area contributed by atoms with Crippen molar-refractivity contribution in [2.45, 2.75) is 45.7 Å². The van der Waals surface area contributed by atoms with Gasteiger partial charge < -0.3 is 15.0 Å². The Hall–Kier alpha value is -1.24. The van der Waals surface area contributed by atoms with Crippen LogP contribution in [0, 0.1) is 13.8 Å². The number of nitrogens with one attached hydrogen (secondary N) is 2. The van der Waals surface area contributed by atoms with Crippen LogP contribution in [0.1, 0.15) is 36.0 Å². The Balaban J connectivity index is 1.83. The lowest BCUT2D eigenvalue weighted by atomic mass is 9.92. The third-order valence-corrected chi connectivity index (χ3v) is 5.47. The Kier molecular flexibility index (Phi) is 3.86. The zero-order valence-electron chi connectivity index (χ0n) is 12.7. The fourth-order valence-corrected chi connectivity index (χ4v) is 3.73. The predicted octanol–water partition coefficient (Wildman–Crippen LogP) is 2.26. The van der Waals surface area contributed by atoms with Gasteiger partial charge in [-0.25, -0.2) is 4.98 Å². The summed E-state index contributed by atoms with van der Waals surface area (Å²) in [5, 5.41) is 4.25. The van der Waals surface area contributed by atoms with Crippen molar-refractivity contribution in [2.24, 2.45) is 0 Å². The summed E-state index contributed by atoms with van der Waals surface area (Å²) in [6.07, 6.45) is 1.97. The van der Waals surface area contributed by atoms with Crippen molar-refractivity contribution in [3.63, 3.8) is 0 Å². The largest absolute Gasteiger partial charge is 0.381 e. The highest BCUT2D eigenvalue weighted by atomic mass is 32.1. The highest BCUT2D eigenvalue weighted by Gasteiger charge is 2.26. The van der Waals surface area contributed by atoms with E-state index in [1.807, 2.05) is 13.8 Å². The van der Waals surface area contributed by atoms with E-state index in [9.17, 15) is 4.79 Å². The molecule has 0 amide bonds. The second-order valence-electron chi connectivity index (χ2n) is 6.00. The number of aromatic amines is 1. The van der Waals surface area contributed by atoms with Crippen LogP contribution in [0.25, 0.3) is 10.2 Å². The number of thiophene rings is 1. The molecule has 3 heterocycles. The van der Waals surface area contributed by atoms with Crippen LogP contribution in [-0.2, 0) is 11.3 Å². The van der Waals surface area contributed by atoms with Crippen molar-refractivity contribution in [3.8, 4) is 0 Å². The molecule has 1 aliphatic heterocycles. The smallest absolute Gasteiger partial charge is 0.259 e. The summed E-state index contributed by atoms with van der Waals surface area (Å²) in [7, 11) is 0. The van der Waals surface area contributed by atoms with Gasteiger partial charge in [-0.3, -0.25) is 4.79 Å². The molecule has 21 heavy (non-hydrogen) atoms. The SMILES string of the molecule is Cc1sc2nc(CNC3(C)CCOCC3)[nH]c(=O)c2c1C. The van der Waals surface area contributed by atoms with Crippen LogP contribution in [0.4, 0.5) is 0 Å². The molecular formula is C15H21N3O2S. The summed E-state index contributed by atoms with van der Waals surface area (Å²) in [6, 6.07) is 0. The minimum atomic E-state index is -0.0317. The molecule has 0 radical (unpaired) electrons. The van der Waals surface area contributed by atoms with Gasteiger partial charge >= 0.3 is 0 Å². The van der Waals surface area contributed by atoms with Crippen molar-refractivity contribution in [3.05, 3.63) is 26.6 Å². The molecule has 1 fully saturated rings. The third-order valence-electron chi connectivity index (χ3n) is 4.37. The summed E-state index contributed by atoms with van der Waals surface area (Å²) >= 11 is 1.59. The average Bonchev–Trinajstić information content (AvgIpc) is 2.73. The Morgan fingerprint density at radius 1 is 1.38 bits per heavy atom. The third kappa shape index (κ3) is 2.88. The second kappa shape index (κ2) is 5.51. The zero-order valence-corrected chi connectivity index (χ0v) is 13.5. The Labute approximate surface area is 127 Å². The van der Waals surface area contributed by atoms with Crippen molar-refractivity contribution in [2.75, 3.05) is 13.2 Å². The zero-order chi connectivity index (χ0) is 15.0. The van der Waals surface area contributed by atoms with Crippen molar-refractivity contribution < 1.29 is 4.74 Å². The van der Waals surface area contributed by atoms with Crippen LogP contribution in [0.5, 0.6) is 0 Å². The topological polar surface area (TPSA) is 67.0 Å². The summed E-state index contributed by atoms with van der Waals surface area (Å²) in [6.45, 7) is 8.36. The van der Waals surface area contributed by atoms with Gasteiger partial charge in [0, 0.05) is 23.6 Å². The maximum absolute atomic E-state index is 12.2. The number of nitrogens with zero attached hydrogens (tertiary/aromatic N) is 1. The Morgan fingerprint density at radius 2 is 2.10 bits per heavy atom. The molecule has 5 nitrogen and oxygen atoms in total. The predicted molar refractivity (Wildman–Crippen MR) is 85.0 cm³/mol. The number of H-pyrrole nitrogens is 1. The molecule has 6 heteroatoms. The van der Waals surface area contributed by atoms with E-state index in [4.69, 9.17) is 4.74 Å². The van der Waals surface area contributed by atoms with Crippen molar-refractivity contribution >= 4 is 21.6 Å². The van der Waals surface area contributed by atoms with Gasteiger partial charge in [-0.2, -0.15) is 0 Å². The van der Waals surface area contributed by atoms with E-state index >= 15 is 0 Å². The van der Waals surface area contributed by atoms with Gasteiger partial charge in [0.05, 0.1) is 11.9 Å².